The Morgan fingerprint density at radius 1 is 0.975 bits per heavy atom. The summed E-state index contributed by atoms with van der Waals surface area (Å²) in [4.78, 5) is 41.7. The van der Waals surface area contributed by atoms with Crippen molar-refractivity contribution >= 4 is 23.6 Å². The zero-order chi connectivity index (χ0) is 29.4. The Morgan fingerprint density at radius 2 is 1.62 bits per heavy atom. The second-order valence-corrected chi connectivity index (χ2v) is 10.6. The minimum atomic E-state index is -1.05. The number of phenols is 1. The van der Waals surface area contributed by atoms with Crippen molar-refractivity contribution in [3.63, 3.8) is 0 Å². The number of hydrogen-bond donors (Lipinski definition) is 3. The molecular formula is C31H37N3O6. The average molecular weight is 548 g/mol. The van der Waals surface area contributed by atoms with Gasteiger partial charge >= 0.3 is 6.09 Å². The van der Waals surface area contributed by atoms with Crippen LogP contribution in [0.25, 0.3) is 0 Å². The average Bonchev–Trinajstić information content (AvgIpc) is 2.88. The van der Waals surface area contributed by atoms with Crippen molar-refractivity contribution in [3.8, 4) is 11.5 Å². The number of phenolic OH excluding ortho intramolecular Hbond substituents is 1. The van der Waals surface area contributed by atoms with Crippen molar-refractivity contribution < 1.29 is 29.0 Å². The highest BCUT2D eigenvalue weighted by Crippen LogP contribution is 2.25. The number of aromatic hydroxyl groups is 1. The van der Waals surface area contributed by atoms with Crippen LogP contribution in [0.1, 0.15) is 43.5 Å². The molecule has 3 rings (SSSR count). The van der Waals surface area contributed by atoms with Gasteiger partial charge in [-0.05, 0) is 75.2 Å². The first-order valence-corrected chi connectivity index (χ1v) is 12.9. The minimum Gasteiger partial charge on any atom is -0.508 e. The van der Waals surface area contributed by atoms with Gasteiger partial charge in [-0.2, -0.15) is 0 Å². The number of carbonyl (C=O) groups is 3. The Kier molecular flexibility index (Phi) is 9.77. The molecule has 2 atom stereocenters. The molecule has 0 saturated carbocycles. The van der Waals surface area contributed by atoms with Crippen LogP contribution in [0, 0.1) is 6.92 Å². The number of benzene rings is 3. The molecule has 3 aromatic carbocycles. The Balaban J connectivity index is 1.94. The zero-order valence-corrected chi connectivity index (χ0v) is 23.7. The fourth-order valence-electron chi connectivity index (χ4n) is 4.17. The van der Waals surface area contributed by atoms with Gasteiger partial charge in [-0.1, -0.05) is 42.0 Å². The van der Waals surface area contributed by atoms with E-state index < -0.39 is 35.6 Å². The van der Waals surface area contributed by atoms with Gasteiger partial charge < -0.3 is 30.1 Å². The van der Waals surface area contributed by atoms with Crippen LogP contribution >= 0.6 is 0 Å². The van der Waals surface area contributed by atoms with Crippen LogP contribution in [-0.4, -0.2) is 53.7 Å². The third-order valence-corrected chi connectivity index (χ3v) is 6.06. The van der Waals surface area contributed by atoms with Gasteiger partial charge in [0.25, 0.3) is 5.91 Å². The Hall–Kier alpha value is -4.53. The molecule has 0 fully saturated rings. The highest BCUT2D eigenvalue weighted by Gasteiger charge is 2.34. The summed E-state index contributed by atoms with van der Waals surface area (Å²) < 4.78 is 10.6. The van der Waals surface area contributed by atoms with Crippen LogP contribution in [0.4, 0.5) is 10.5 Å². The molecule has 2 unspecified atom stereocenters. The summed E-state index contributed by atoms with van der Waals surface area (Å²) in [5, 5.41) is 15.2. The molecule has 9 nitrogen and oxygen atoms in total. The molecule has 0 aliphatic carbocycles. The van der Waals surface area contributed by atoms with E-state index in [0.717, 1.165) is 5.56 Å². The monoisotopic (exact) mass is 547 g/mol. The molecule has 3 amide bonds. The number of ether oxygens (including phenoxy) is 2. The maximum atomic E-state index is 14.0. The summed E-state index contributed by atoms with van der Waals surface area (Å²) in [6.45, 7) is 7.09. The van der Waals surface area contributed by atoms with Gasteiger partial charge in [0.2, 0.25) is 5.91 Å². The Labute approximate surface area is 235 Å². The number of methoxy groups -OCH3 is 1. The van der Waals surface area contributed by atoms with Crippen molar-refractivity contribution in [2.24, 2.45) is 0 Å². The quantitative estimate of drug-likeness (QED) is 0.348. The zero-order valence-electron chi connectivity index (χ0n) is 23.7. The van der Waals surface area contributed by atoms with Crippen LogP contribution in [0.5, 0.6) is 11.5 Å². The predicted molar refractivity (Wildman–Crippen MR) is 153 cm³/mol. The summed E-state index contributed by atoms with van der Waals surface area (Å²) in [6, 6.07) is 18.5. The van der Waals surface area contributed by atoms with Crippen LogP contribution in [0.15, 0.2) is 72.8 Å². The van der Waals surface area contributed by atoms with E-state index in [9.17, 15) is 19.5 Å². The van der Waals surface area contributed by atoms with E-state index in [-0.39, 0.29) is 12.2 Å². The van der Waals surface area contributed by atoms with Crippen molar-refractivity contribution in [1.29, 1.82) is 0 Å². The fourth-order valence-corrected chi connectivity index (χ4v) is 4.17. The van der Waals surface area contributed by atoms with Crippen molar-refractivity contribution in [3.05, 3.63) is 89.5 Å². The van der Waals surface area contributed by atoms with Crippen molar-refractivity contribution in [2.45, 2.75) is 51.8 Å². The third kappa shape index (κ3) is 8.49. The molecule has 0 bridgehead atoms. The molecule has 0 saturated heterocycles. The first-order valence-electron chi connectivity index (χ1n) is 12.9. The molecule has 3 N–H and O–H groups in total. The van der Waals surface area contributed by atoms with E-state index in [1.165, 1.54) is 24.1 Å². The third-order valence-electron chi connectivity index (χ3n) is 6.06. The second-order valence-electron chi connectivity index (χ2n) is 10.6. The lowest BCUT2D eigenvalue weighted by Gasteiger charge is -2.32. The molecular weight excluding hydrogens is 510 g/mol. The van der Waals surface area contributed by atoms with Gasteiger partial charge in [0.15, 0.2) is 0 Å². The molecule has 212 valence electrons. The first-order chi connectivity index (χ1) is 18.9. The number of aryl methyl sites for hydroxylation is 1. The first kappa shape index (κ1) is 30.0. The van der Waals surface area contributed by atoms with Crippen LogP contribution < -0.4 is 15.4 Å². The lowest BCUT2D eigenvalue weighted by molar-refractivity contribution is -0.139. The molecule has 0 aliphatic heterocycles. The number of rotatable bonds is 9. The van der Waals surface area contributed by atoms with E-state index in [4.69, 9.17) is 9.47 Å². The summed E-state index contributed by atoms with van der Waals surface area (Å²) in [5.74, 6) is -0.188. The largest absolute Gasteiger partial charge is 0.508 e. The molecule has 9 heteroatoms. The van der Waals surface area contributed by atoms with Crippen molar-refractivity contribution in [2.75, 3.05) is 19.5 Å². The number of nitrogens with zero attached hydrogens (tertiary/aromatic N) is 1. The number of nitrogens with one attached hydrogen (secondary N) is 2. The SMILES string of the molecule is COc1ccc(NC(=O)C(c2cccc(C)c2)N(C)C(=O)C(Cc2ccc(O)cc2)NC(=O)OC(C)(C)C)cc1. The van der Waals surface area contributed by atoms with Crippen LogP contribution in [0.2, 0.25) is 0 Å². The van der Waals surface area contributed by atoms with Gasteiger partial charge in [-0.15, -0.1) is 0 Å². The highest BCUT2D eigenvalue weighted by atomic mass is 16.6. The van der Waals surface area contributed by atoms with Crippen LogP contribution in [0.3, 0.4) is 0 Å². The highest BCUT2D eigenvalue weighted by molar-refractivity contribution is 5.99. The number of carbonyl (C=O) groups excluding carboxylic acids is 3. The van der Waals surface area contributed by atoms with E-state index in [1.54, 1.807) is 70.3 Å². The Morgan fingerprint density at radius 3 is 2.20 bits per heavy atom. The molecule has 0 aromatic heterocycles. The van der Waals surface area contributed by atoms with E-state index in [0.29, 0.717) is 22.6 Å². The maximum Gasteiger partial charge on any atom is 0.408 e. The number of anilines is 1. The second kappa shape index (κ2) is 13.0. The lowest BCUT2D eigenvalue weighted by Crippen LogP contribution is -2.52. The predicted octanol–water partition coefficient (Wildman–Crippen LogP) is 4.98. The minimum absolute atomic E-state index is 0.0820. The van der Waals surface area contributed by atoms with Gasteiger partial charge in [0.1, 0.15) is 29.2 Å². The van der Waals surface area contributed by atoms with Crippen molar-refractivity contribution in [1.82, 2.24) is 10.2 Å². The molecule has 0 spiro atoms. The maximum absolute atomic E-state index is 14.0. The molecule has 0 aliphatic rings. The summed E-state index contributed by atoms with van der Waals surface area (Å²) >= 11 is 0. The molecule has 3 aromatic rings. The summed E-state index contributed by atoms with van der Waals surface area (Å²) in [5.41, 5.74) is 2.01. The van der Waals surface area contributed by atoms with Gasteiger partial charge in [0.05, 0.1) is 7.11 Å². The number of hydrogen-bond acceptors (Lipinski definition) is 6. The van der Waals surface area contributed by atoms with E-state index in [2.05, 4.69) is 10.6 Å². The number of likely N-dealkylation sites (N-methyl/N-ethyl adjacent to an activating group) is 1. The number of amides is 3. The van der Waals surface area contributed by atoms with Gasteiger partial charge in [-0.3, -0.25) is 9.59 Å². The standard InChI is InChI=1S/C31H37N3O6/c1-20-8-7-9-22(18-20)27(28(36)32-23-12-16-25(39-6)17-13-23)34(5)29(37)26(33-30(38)40-31(2,3)4)19-21-10-14-24(35)15-11-21/h7-18,26-27,35H,19H2,1-6H3,(H,32,36)(H,33,38). The van der Waals surface area contributed by atoms with E-state index >= 15 is 0 Å². The van der Waals surface area contributed by atoms with Gasteiger partial charge in [0, 0.05) is 19.2 Å². The van der Waals surface area contributed by atoms with Gasteiger partial charge in [-0.25, -0.2) is 4.79 Å². The topological polar surface area (TPSA) is 117 Å². The lowest BCUT2D eigenvalue weighted by atomic mass is 9.99. The number of alkyl carbamates (subject to hydrolysis) is 1. The summed E-state index contributed by atoms with van der Waals surface area (Å²) in [7, 11) is 3.09. The normalized spacial score (nSPS) is 12.6. The molecule has 0 radical (unpaired) electrons. The summed E-state index contributed by atoms with van der Waals surface area (Å²) in [6.07, 6.45) is -0.642. The van der Waals surface area contributed by atoms with E-state index in [1.807, 2.05) is 25.1 Å². The molecule has 40 heavy (non-hydrogen) atoms. The van der Waals surface area contributed by atoms with Crippen LogP contribution in [-0.2, 0) is 20.7 Å². The fraction of sp³-hybridized carbons (Fsp3) is 0.323. The smallest absolute Gasteiger partial charge is 0.408 e. The Bertz CT molecular complexity index is 1320. The molecule has 0 heterocycles.